The molecule has 1 aliphatic rings. The molecule has 6 nitrogen and oxygen atoms in total. The molecule has 0 spiro atoms. The first kappa shape index (κ1) is 25.3. The zero-order chi connectivity index (χ0) is 24.9. The van der Waals surface area contributed by atoms with Crippen LogP contribution in [-0.4, -0.2) is 31.7 Å². The molecule has 1 amide bonds. The molecule has 2 aromatic heterocycles. The third-order valence-corrected chi connectivity index (χ3v) is 8.83. The number of hydrogen-bond acceptors (Lipinski definition) is 6. The van der Waals surface area contributed by atoms with Crippen LogP contribution in [0, 0.1) is 0 Å². The van der Waals surface area contributed by atoms with Gasteiger partial charge in [-0.2, -0.15) is 0 Å². The van der Waals surface area contributed by atoms with E-state index in [1.165, 1.54) is 42.4 Å². The van der Waals surface area contributed by atoms with Crippen molar-refractivity contribution in [1.29, 1.82) is 0 Å². The van der Waals surface area contributed by atoms with Gasteiger partial charge in [0.1, 0.15) is 16.5 Å². The molecule has 0 atom stereocenters. The van der Waals surface area contributed by atoms with Crippen LogP contribution in [0.3, 0.4) is 0 Å². The molecule has 36 heavy (non-hydrogen) atoms. The highest BCUT2D eigenvalue weighted by Gasteiger charge is 2.20. The monoisotopic (exact) mass is 557 g/mol. The standard InChI is InChI=1S/C26H25Cl2N5OS2/c27-20-12-11-19(14-21(20)28)33-23(13-17-7-3-1-4-8-17)31-32-26(33)36-16-24-30-22(15-35-24)25(34)29-18-9-5-2-6-10-18/h1,3-4,7-8,11-12,14-15,18H,2,5-6,9-10,13,16H2,(H,29,34). The Hall–Kier alpha value is -2.39. The molecule has 10 heteroatoms. The molecule has 1 saturated carbocycles. The van der Waals surface area contributed by atoms with Crippen molar-refractivity contribution >= 4 is 52.2 Å². The summed E-state index contributed by atoms with van der Waals surface area (Å²) in [5, 5.41) is 16.5. The molecule has 0 aliphatic heterocycles. The van der Waals surface area contributed by atoms with E-state index in [0.29, 0.717) is 27.9 Å². The topological polar surface area (TPSA) is 72.7 Å². The van der Waals surface area contributed by atoms with E-state index in [9.17, 15) is 4.79 Å². The lowest BCUT2D eigenvalue weighted by molar-refractivity contribution is 0.0923. The predicted molar refractivity (Wildman–Crippen MR) is 147 cm³/mol. The number of thiazole rings is 1. The number of nitrogens with zero attached hydrogens (tertiary/aromatic N) is 4. The molecule has 4 aromatic rings. The number of hydrogen-bond donors (Lipinski definition) is 1. The zero-order valence-corrected chi connectivity index (χ0v) is 22.6. The number of benzene rings is 2. The second kappa shape index (κ2) is 11.8. The Morgan fingerprint density at radius 1 is 1.06 bits per heavy atom. The van der Waals surface area contributed by atoms with Gasteiger partial charge in [-0.1, -0.05) is 84.6 Å². The van der Waals surface area contributed by atoms with Crippen molar-refractivity contribution in [2.24, 2.45) is 0 Å². The maximum absolute atomic E-state index is 12.7. The van der Waals surface area contributed by atoms with E-state index in [1.54, 1.807) is 6.07 Å². The summed E-state index contributed by atoms with van der Waals surface area (Å²) in [7, 11) is 0. The summed E-state index contributed by atoms with van der Waals surface area (Å²) in [6.07, 6.45) is 6.33. The number of rotatable bonds is 8. The molecule has 0 radical (unpaired) electrons. The Labute approximate surface area is 228 Å². The lowest BCUT2D eigenvalue weighted by Gasteiger charge is -2.22. The highest BCUT2D eigenvalue weighted by molar-refractivity contribution is 7.98. The molecule has 186 valence electrons. The van der Waals surface area contributed by atoms with E-state index >= 15 is 0 Å². The molecular weight excluding hydrogens is 533 g/mol. The summed E-state index contributed by atoms with van der Waals surface area (Å²) in [5.41, 5.74) is 2.46. The van der Waals surface area contributed by atoms with Crippen LogP contribution in [0.15, 0.2) is 59.1 Å². The molecule has 0 saturated heterocycles. The Balaban J connectivity index is 1.33. The number of carbonyl (C=O) groups excluding carboxylic acids is 1. The normalized spacial score (nSPS) is 14.2. The summed E-state index contributed by atoms with van der Waals surface area (Å²) in [4.78, 5) is 17.2. The van der Waals surface area contributed by atoms with Gasteiger partial charge in [0.25, 0.3) is 5.91 Å². The quantitative estimate of drug-likeness (QED) is 0.236. The van der Waals surface area contributed by atoms with Gasteiger partial charge in [0.2, 0.25) is 0 Å². The first-order valence-electron chi connectivity index (χ1n) is 11.9. The van der Waals surface area contributed by atoms with Crippen molar-refractivity contribution in [3.05, 3.63) is 86.0 Å². The molecule has 1 aliphatic carbocycles. The van der Waals surface area contributed by atoms with Gasteiger partial charge < -0.3 is 5.32 Å². The van der Waals surface area contributed by atoms with E-state index in [1.807, 2.05) is 40.3 Å². The molecule has 1 fully saturated rings. The number of amides is 1. The first-order chi connectivity index (χ1) is 17.6. The third kappa shape index (κ3) is 6.11. The van der Waals surface area contributed by atoms with Gasteiger partial charge >= 0.3 is 0 Å². The Bertz CT molecular complexity index is 1340. The van der Waals surface area contributed by atoms with Crippen LogP contribution in [0.5, 0.6) is 0 Å². The minimum Gasteiger partial charge on any atom is -0.348 e. The maximum Gasteiger partial charge on any atom is 0.270 e. The van der Waals surface area contributed by atoms with Crippen LogP contribution in [0.2, 0.25) is 10.0 Å². The Morgan fingerprint density at radius 2 is 1.86 bits per heavy atom. The van der Waals surface area contributed by atoms with Gasteiger partial charge in [0.15, 0.2) is 5.16 Å². The number of aromatic nitrogens is 4. The van der Waals surface area contributed by atoms with Crippen molar-refractivity contribution in [3.8, 4) is 5.69 Å². The lowest BCUT2D eigenvalue weighted by Crippen LogP contribution is -2.36. The summed E-state index contributed by atoms with van der Waals surface area (Å²) in [6.45, 7) is 0. The SMILES string of the molecule is O=C(NC1CCCCC1)c1csc(CSc2nnc(Cc3ccccc3)n2-c2ccc(Cl)c(Cl)c2)n1. The summed E-state index contributed by atoms with van der Waals surface area (Å²) in [5.74, 6) is 1.29. The van der Waals surface area contributed by atoms with Crippen molar-refractivity contribution in [2.45, 2.75) is 55.5 Å². The lowest BCUT2D eigenvalue weighted by atomic mass is 9.95. The largest absolute Gasteiger partial charge is 0.348 e. The molecule has 2 heterocycles. The average Bonchev–Trinajstić information content (AvgIpc) is 3.53. The smallest absolute Gasteiger partial charge is 0.270 e. The molecular formula is C26H25Cl2N5OS2. The van der Waals surface area contributed by atoms with Crippen LogP contribution < -0.4 is 5.32 Å². The van der Waals surface area contributed by atoms with E-state index in [0.717, 1.165) is 40.1 Å². The Morgan fingerprint density at radius 3 is 2.64 bits per heavy atom. The summed E-state index contributed by atoms with van der Waals surface area (Å²) in [6, 6.07) is 15.9. The van der Waals surface area contributed by atoms with E-state index in [-0.39, 0.29) is 11.9 Å². The van der Waals surface area contributed by atoms with Crippen LogP contribution in [0.25, 0.3) is 5.69 Å². The highest BCUT2D eigenvalue weighted by atomic mass is 35.5. The average molecular weight is 559 g/mol. The zero-order valence-electron chi connectivity index (χ0n) is 19.5. The third-order valence-electron chi connectivity index (χ3n) is 6.12. The van der Waals surface area contributed by atoms with Gasteiger partial charge in [-0.25, -0.2) is 4.98 Å². The van der Waals surface area contributed by atoms with E-state index in [4.69, 9.17) is 23.2 Å². The van der Waals surface area contributed by atoms with Gasteiger partial charge in [-0.05, 0) is 36.6 Å². The minimum atomic E-state index is -0.0847. The second-order valence-electron chi connectivity index (χ2n) is 8.72. The van der Waals surface area contributed by atoms with E-state index < -0.39 is 0 Å². The fraction of sp³-hybridized carbons (Fsp3) is 0.308. The molecule has 5 rings (SSSR count). The van der Waals surface area contributed by atoms with Crippen molar-refractivity contribution in [3.63, 3.8) is 0 Å². The molecule has 1 N–H and O–H groups in total. The predicted octanol–water partition coefficient (Wildman–Crippen LogP) is 6.98. The number of nitrogens with one attached hydrogen (secondary N) is 1. The second-order valence-corrected chi connectivity index (χ2v) is 11.4. The van der Waals surface area contributed by atoms with Gasteiger partial charge in [0.05, 0.1) is 21.5 Å². The first-order valence-corrected chi connectivity index (χ1v) is 14.5. The molecule has 0 unspecified atom stereocenters. The fourth-order valence-corrected chi connectivity index (χ4v) is 6.34. The van der Waals surface area contributed by atoms with Crippen molar-refractivity contribution < 1.29 is 4.79 Å². The van der Waals surface area contributed by atoms with Gasteiger partial charge in [-0.15, -0.1) is 21.5 Å². The van der Waals surface area contributed by atoms with Gasteiger partial charge in [-0.3, -0.25) is 9.36 Å². The maximum atomic E-state index is 12.7. The fourth-order valence-electron chi connectivity index (χ4n) is 4.28. The molecule has 0 bridgehead atoms. The minimum absolute atomic E-state index is 0.0847. The van der Waals surface area contributed by atoms with Crippen molar-refractivity contribution in [2.75, 3.05) is 0 Å². The van der Waals surface area contributed by atoms with E-state index in [2.05, 4.69) is 32.6 Å². The van der Waals surface area contributed by atoms with Crippen LogP contribution >= 0.6 is 46.3 Å². The summed E-state index contributed by atoms with van der Waals surface area (Å²) >= 11 is 15.5. The molecule has 2 aromatic carbocycles. The van der Waals surface area contributed by atoms with Crippen LogP contribution in [0.1, 0.15) is 59.0 Å². The number of halogens is 2. The van der Waals surface area contributed by atoms with Crippen molar-refractivity contribution in [1.82, 2.24) is 25.1 Å². The number of thioether (sulfide) groups is 1. The Kier molecular flexibility index (Phi) is 8.26. The highest BCUT2D eigenvalue weighted by Crippen LogP contribution is 2.30. The summed E-state index contributed by atoms with van der Waals surface area (Å²) < 4.78 is 2.00. The van der Waals surface area contributed by atoms with Crippen LogP contribution in [0.4, 0.5) is 0 Å². The van der Waals surface area contributed by atoms with Gasteiger partial charge in [0, 0.05) is 17.8 Å². The number of carbonyl (C=O) groups is 1. The van der Waals surface area contributed by atoms with Crippen LogP contribution in [-0.2, 0) is 12.2 Å².